The van der Waals surface area contributed by atoms with Gasteiger partial charge in [-0.15, -0.1) is 0 Å². The number of carboxylic acid groups (broad SMARTS) is 2. The zero-order chi connectivity index (χ0) is 40.3. The summed E-state index contributed by atoms with van der Waals surface area (Å²) in [6.07, 6.45) is 12.5. The van der Waals surface area contributed by atoms with Gasteiger partial charge in [-0.25, -0.2) is 0 Å². The summed E-state index contributed by atoms with van der Waals surface area (Å²) in [5.41, 5.74) is 0.294. The van der Waals surface area contributed by atoms with Crippen molar-refractivity contribution in [2.45, 2.75) is 171 Å². The number of carbonyl (C=O) groups excluding carboxylic acids is 3. The van der Waals surface area contributed by atoms with Gasteiger partial charge in [0.05, 0.1) is 18.3 Å². The highest BCUT2D eigenvalue weighted by Crippen LogP contribution is 2.76. The summed E-state index contributed by atoms with van der Waals surface area (Å²) in [6.45, 7) is 22.3. The first-order valence-corrected chi connectivity index (χ1v) is 20.8. The van der Waals surface area contributed by atoms with Gasteiger partial charge in [0.2, 0.25) is 11.8 Å². The Morgan fingerprint density at radius 1 is 0.889 bits per heavy atom. The van der Waals surface area contributed by atoms with Crippen molar-refractivity contribution in [1.82, 2.24) is 10.6 Å². The lowest BCUT2D eigenvalue weighted by Crippen LogP contribution is -2.65. The van der Waals surface area contributed by atoms with Gasteiger partial charge in [0.15, 0.2) is 0 Å². The van der Waals surface area contributed by atoms with E-state index in [4.69, 9.17) is 9.84 Å². The molecule has 4 N–H and O–H groups in total. The summed E-state index contributed by atoms with van der Waals surface area (Å²) in [7, 11) is 0. The van der Waals surface area contributed by atoms with Gasteiger partial charge >= 0.3 is 17.9 Å². The summed E-state index contributed by atoms with van der Waals surface area (Å²) in [5.74, 6) is -1.52. The van der Waals surface area contributed by atoms with Crippen molar-refractivity contribution < 1.29 is 38.9 Å². The van der Waals surface area contributed by atoms with E-state index >= 15 is 0 Å². The molecule has 0 aromatic carbocycles. The fourth-order valence-corrected chi connectivity index (χ4v) is 12.9. The Morgan fingerprint density at radius 3 is 2.20 bits per heavy atom. The van der Waals surface area contributed by atoms with Crippen molar-refractivity contribution >= 4 is 29.7 Å². The molecule has 0 spiro atoms. The number of hydrogen-bond acceptors (Lipinski definition) is 6. The van der Waals surface area contributed by atoms with Crippen molar-refractivity contribution in [3.05, 3.63) is 11.6 Å². The molecular weight excluding hydrogens is 684 g/mol. The fraction of sp³-hybridized carbons (Fsp3) is 0.841. The van der Waals surface area contributed by atoms with E-state index in [1.165, 1.54) is 12.5 Å². The Morgan fingerprint density at radius 2 is 1.56 bits per heavy atom. The number of aliphatic carboxylic acids is 2. The topological polar surface area (TPSA) is 159 Å². The number of carboxylic acids is 2. The molecular formula is C44H70N2O8. The molecule has 0 heterocycles. The number of allylic oxidation sites excluding steroid dienone is 2. The number of hydrogen-bond donors (Lipinski definition) is 4. The van der Waals surface area contributed by atoms with Crippen molar-refractivity contribution in [1.29, 1.82) is 0 Å². The van der Waals surface area contributed by atoms with Crippen LogP contribution in [0.5, 0.6) is 0 Å². The third-order valence-corrected chi connectivity index (χ3v) is 16.2. The third kappa shape index (κ3) is 7.49. The molecule has 5 aliphatic rings. The van der Waals surface area contributed by atoms with E-state index in [2.05, 4.69) is 65.2 Å². The quantitative estimate of drug-likeness (QED) is 0.0885. The van der Waals surface area contributed by atoms with Crippen LogP contribution < -0.4 is 10.6 Å². The molecule has 0 radical (unpaired) electrons. The van der Waals surface area contributed by atoms with Crippen LogP contribution in [0.2, 0.25) is 0 Å². The Kier molecular flexibility index (Phi) is 11.4. The Hall–Kier alpha value is -2.91. The molecule has 9 atom stereocenters. The van der Waals surface area contributed by atoms with Crippen LogP contribution in [0.15, 0.2) is 11.6 Å². The van der Waals surface area contributed by atoms with E-state index in [0.717, 1.165) is 64.2 Å². The molecule has 10 nitrogen and oxygen atoms in total. The number of carbonyl (C=O) groups is 5. The number of nitrogens with one attached hydrogen (secondary N) is 2. The minimum atomic E-state index is -1.07. The molecule has 0 aromatic heterocycles. The SMILES string of the molecule is C[C@H](NC(=O)CCCNC(=O)[C@]12CCC(C)(C)C[C@H]1C1=CC[C@@H]3[C@@]4(C)CC[C@H](OC(=O)CC(C)(C)CC(=O)O)C(C)(C)[C@@H]4CC[C@@]3(C)[C@]1(C)CC2)C(=O)O. The van der Waals surface area contributed by atoms with Crippen LogP contribution in [0.4, 0.5) is 0 Å². The van der Waals surface area contributed by atoms with Gasteiger partial charge in [-0.3, -0.25) is 24.0 Å². The molecule has 2 amide bonds. The molecule has 0 aromatic rings. The average molecular weight is 755 g/mol. The van der Waals surface area contributed by atoms with Gasteiger partial charge in [0.1, 0.15) is 12.1 Å². The Labute approximate surface area is 323 Å². The second kappa shape index (κ2) is 14.5. The maximum Gasteiger partial charge on any atom is 0.325 e. The van der Waals surface area contributed by atoms with Crippen LogP contribution in [-0.2, 0) is 28.7 Å². The van der Waals surface area contributed by atoms with Crippen LogP contribution in [0.3, 0.4) is 0 Å². The van der Waals surface area contributed by atoms with Gasteiger partial charge < -0.3 is 25.6 Å². The molecule has 0 unspecified atom stereocenters. The molecule has 5 rings (SSSR count). The zero-order valence-electron chi connectivity index (χ0n) is 34.9. The van der Waals surface area contributed by atoms with Gasteiger partial charge in [-0.2, -0.15) is 0 Å². The molecule has 10 heteroatoms. The highest BCUT2D eigenvalue weighted by Gasteiger charge is 2.69. The second-order valence-electron chi connectivity index (χ2n) is 21.1. The molecule has 4 saturated carbocycles. The normalized spacial score (nSPS) is 37.1. The van der Waals surface area contributed by atoms with Crippen molar-refractivity contribution in [3.63, 3.8) is 0 Å². The average Bonchev–Trinajstić information content (AvgIpc) is 3.03. The summed E-state index contributed by atoms with van der Waals surface area (Å²) < 4.78 is 6.24. The smallest absolute Gasteiger partial charge is 0.325 e. The van der Waals surface area contributed by atoms with Crippen LogP contribution in [0.25, 0.3) is 0 Å². The second-order valence-corrected chi connectivity index (χ2v) is 21.1. The monoisotopic (exact) mass is 755 g/mol. The van der Waals surface area contributed by atoms with Crippen LogP contribution >= 0.6 is 0 Å². The minimum absolute atomic E-state index is 0.0478. The van der Waals surface area contributed by atoms with Crippen molar-refractivity contribution in [3.8, 4) is 0 Å². The lowest BCUT2D eigenvalue weighted by Gasteiger charge is -2.71. The van der Waals surface area contributed by atoms with Gasteiger partial charge in [-0.1, -0.05) is 74.0 Å². The van der Waals surface area contributed by atoms with Crippen LogP contribution in [-0.4, -0.2) is 58.6 Å². The summed E-state index contributed by atoms with van der Waals surface area (Å²) >= 11 is 0. The minimum Gasteiger partial charge on any atom is -0.481 e. The van der Waals surface area contributed by atoms with Crippen LogP contribution in [0, 0.1) is 55.7 Å². The standard InChI is InChI=1S/C44H70N2O8/c1-27(36(51)52)46-33(47)12-11-23-45-37(53)44-21-19-38(2,3)24-29(44)28-13-14-31-41(8)17-16-32(54-35(50)26-39(4,5)25-34(48)49)40(6,7)30(41)15-18-43(31,10)42(28,9)20-22-44/h13,27,29-32H,11-12,14-26H2,1-10H3,(H,45,53)(H,46,47)(H,48,49)(H,51,52)/t27-,29-,30-,31+,32-,41-,42+,43+,44-/m0/s1. The summed E-state index contributed by atoms with van der Waals surface area (Å²) in [6, 6.07) is -0.945. The maximum atomic E-state index is 14.4. The molecule has 54 heavy (non-hydrogen) atoms. The number of rotatable bonds is 12. The highest BCUT2D eigenvalue weighted by atomic mass is 16.5. The largest absolute Gasteiger partial charge is 0.481 e. The van der Waals surface area contributed by atoms with E-state index in [1.54, 1.807) is 0 Å². The first kappa shape index (κ1) is 42.2. The molecule has 4 fully saturated rings. The van der Waals surface area contributed by atoms with Gasteiger partial charge in [-0.05, 0) is 122 Å². The molecule has 0 bridgehead atoms. The van der Waals surface area contributed by atoms with Gasteiger partial charge in [0.25, 0.3) is 0 Å². The van der Waals surface area contributed by atoms with E-state index in [-0.39, 0.29) is 76.1 Å². The number of esters is 1. The van der Waals surface area contributed by atoms with Crippen molar-refractivity contribution in [2.75, 3.05) is 6.54 Å². The van der Waals surface area contributed by atoms with Gasteiger partial charge in [0, 0.05) is 18.4 Å². The van der Waals surface area contributed by atoms with E-state index < -0.39 is 28.8 Å². The zero-order valence-corrected chi connectivity index (χ0v) is 34.9. The lowest BCUT2D eigenvalue weighted by atomic mass is 9.33. The van der Waals surface area contributed by atoms with E-state index in [0.29, 0.717) is 24.8 Å². The number of fused-ring (bicyclic) bond motifs is 7. The molecule has 0 saturated heterocycles. The number of ether oxygens (including phenoxy) is 1. The van der Waals surface area contributed by atoms with Crippen molar-refractivity contribution in [2.24, 2.45) is 55.7 Å². The first-order chi connectivity index (χ1) is 24.8. The molecule has 5 aliphatic carbocycles. The Balaban J connectivity index is 1.35. The molecule has 304 valence electrons. The third-order valence-electron chi connectivity index (χ3n) is 16.2. The fourth-order valence-electron chi connectivity index (χ4n) is 12.9. The molecule has 0 aliphatic heterocycles. The van der Waals surface area contributed by atoms with Crippen LogP contribution in [0.1, 0.15) is 159 Å². The van der Waals surface area contributed by atoms with E-state index in [1.807, 2.05) is 13.8 Å². The Bertz CT molecular complexity index is 1550. The lowest BCUT2D eigenvalue weighted by molar-refractivity contribution is -0.213. The first-order valence-electron chi connectivity index (χ1n) is 20.8. The summed E-state index contributed by atoms with van der Waals surface area (Å²) in [5, 5.41) is 24.2. The number of amides is 2. The summed E-state index contributed by atoms with van der Waals surface area (Å²) in [4.78, 5) is 62.4. The highest BCUT2D eigenvalue weighted by molar-refractivity contribution is 5.85. The predicted octanol–water partition coefficient (Wildman–Crippen LogP) is 8.08. The van der Waals surface area contributed by atoms with E-state index in [9.17, 15) is 29.1 Å². The maximum absolute atomic E-state index is 14.4. The predicted molar refractivity (Wildman–Crippen MR) is 207 cm³/mol.